The van der Waals surface area contributed by atoms with Crippen molar-refractivity contribution in [2.45, 2.75) is 50.8 Å². The lowest BCUT2D eigenvalue weighted by Crippen LogP contribution is -2.54. The second-order valence-corrected chi connectivity index (χ2v) is 10.0. The number of piperazine rings is 1. The van der Waals surface area contributed by atoms with Crippen molar-refractivity contribution in [1.82, 2.24) is 9.47 Å². The zero-order valence-corrected chi connectivity index (χ0v) is 24.4. The summed E-state index contributed by atoms with van der Waals surface area (Å²) in [5.74, 6) is -2.80. The van der Waals surface area contributed by atoms with Gasteiger partial charge in [-0.3, -0.25) is 9.59 Å². The van der Waals surface area contributed by atoms with E-state index < -0.39 is 62.5 Å². The maximum absolute atomic E-state index is 15.6. The van der Waals surface area contributed by atoms with Crippen LogP contribution in [0.1, 0.15) is 49.0 Å². The number of hydrogen-bond acceptors (Lipinski definition) is 11. The standard InChI is InChI=1S/C26H30FN3O10.HO2P/c1-14-10-28(7-8-29(14)26(37)40-13-39-20(33)6-5-16(32)12-31)22-19(27)9-17-21(24(22)38-2)30(15-3-4-15)11-18(23(17)34)25(35)36;1-3-2/h9,11-12,14-16,32H,3-8,10,13H2,1-2H3,(H,35,36);3H/p+1. The predicted molar refractivity (Wildman–Crippen MR) is 148 cm³/mol. The van der Waals surface area contributed by atoms with Crippen LogP contribution in [-0.2, 0) is 23.6 Å². The normalized spacial score (nSPS) is 17.1. The van der Waals surface area contributed by atoms with E-state index in [0.29, 0.717) is 11.8 Å². The first-order valence-electron chi connectivity index (χ1n) is 13.2. The van der Waals surface area contributed by atoms with Gasteiger partial charge >= 0.3 is 26.7 Å². The van der Waals surface area contributed by atoms with Gasteiger partial charge in [-0.05, 0) is 36.8 Å². The number of carbonyl (C=O) groups is 4. The lowest BCUT2D eigenvalue weighted by Gasteiger charge is -2.40. The molecule has 43 heavy (non-hydrogen) atoms. The smallest absolute Gasteiger partial charge is 0.491 e. The summed E-state index contributed by atoms with van der Waals surface area (Å²) in [6, 6.07) is 0.539. The predicted octanol–water partition coefficient (Wildman–Crippen LogP) is 1.59. The number of aromatic carboxylic acids is 1. The summed E-state index contributed by atoms with van der Waals surface area (Å²) in [6.45, 7) is 1.57. The van der Waals surface area contributed by atoms with E-state index >= 15 is 4.39 Å². The summed E-state index contributed by atoms with van der Waals surface area (Å²) in [5, 5.41) is 18.6. The SMILES string of the molecule is COc1c(N2CCN(C(=O)OCOC(=O)CCC(O)C=O)C(C)C2)c(F)cc2c(=O)c(C(=O)O)cn(C3CC3)c12.O=[PH+]O. The number of hydrogen-bond donors (Lipinski definition) is 3. The number of aldehydes is 1. The minimum absolute atomic E-state index is 0.0388. The second-order valence-electron chi connectivity index (χ2n) is 9.82. The molecule has 1 saturated carbocycles. The quantitative estimate of drug-likeness (QED) is 0.148. The molecule has 4 rings (SSSR count). The van der Waals surface area contributed by atoms with E-state index in [9.17, 15) is 29.1 Å². The highest BCUT2D eigenvalue weighted by molar-refractivity contribution is 7.16. The van der Waals surface area contributed by atoms with E-state index in [4.69, 9.17) is 28.8 Å². The Morgan fingerprint density at radius 3 is 2.47 bits per heavy atom. The first-order chi connectivity index (χ1) is 20.5. The molecule has 1 aliphatic heterocycles. The molecule has 1 saturated heterocycles. The molecule has 2 aliphatic rings. The number of halogens is 1. The van der Waals surface area contributed by atoms with Crippen LogP contribution in [0.5, 0.6) is 5.75 Å². The maximum atomic E-state index is 15.6. The van der Waals surface area contributed by atoms with Crippen LogP contribution < -0.4 is 15.1 Å². The average molecular weight is 629 g/mol. The Labute approximate surface area is 245 Å². The number of nitrogens with zero attached hydrogens (tertiary/aromatic N) is 3. The van der Waals surface area contributed by atoms with Crippen molar-refractivity contribution in [1.29, 1.82) is 0 Å². The Kier molecular flexibility index (Phi) is 11.5. The molecule has 0 radical (unpaired) electrons. The number of esters is 1. The Hall–Kier alpha value is -4.14. The molecular formula is C26H32FN3O12P+. The molecule has 17 heteroatoms. The van der Waals surface area contributed by atoms with E-state index in [-0.39, 0.29) is 55.3 Å². The van der Waals surface area contributed by atoms with Crippen molar-refractivity contribution < 1.29 is 57.5 Å². The topological polar surface area (TPSA) is 202 Å². The molecule has 2 fully saturated rings. The fraction of sp³-hybridized carbons (Fsp3) is 0.500. The van der Waals surface area contributed by atoms with E-state index in [2.05, 4.69) is 0 Å². The number of aliphatic hydroxyl groups excluding tert-OH is 1. The van der Waals surface area contributed by atoms with Crippen LogP contribution in [0.4, 0.5) is 14.9 Å². The average Bonchev–Trinajstić information content (AvgIpc) is 3.81. The number of methoxy groups -OCH3 is 1. The van der Waals surface area contributed by atoms with Gasteiger partial charge in [0.05, 0.1) is 18.0 Å². The number of fused-ring (bicyclic) bond motifs is 1. The summed E-state index contributed by atoms with van der Waals surface area (Å²) in [5.41, 5.74) is -0.838. The monoisotopic (exact) mass is 628 g/mol. The Morgan fingerprint density at radius 2 is 1.91 bits per heavy atom. The molecule has 234 valence electrons. The minimum Gasteiger partial charge on any atom is -0.492 e. The van der Waals surface area contributed by atoms with E-state index in [1.165, 1.54) is 18.2 Å². The largest absolute Gasteiger partial charge is 0.492 e. The number of aromatic nitrogens is 1. The third kappa shape index (κ3) is 7.83. The van der Waals surface area contributed by atoms with Gasteiger partial charge in [-0.15, -0.1) is 0 Å². The van der Waals surface area contributed by atoms with Crippen molar-refractivity contribution in [3.8, 4) is 5.75 Å². The van der Waals surface area contributed by atoms with Crippen molar-refractivity contribution in [2.24, 2.45) is 0 Å². The lowest BCUT2D eigenvalue weighted by molar-refractivity contribution is -0.153. The molecule has 1 aromatic carbocycles. The lowest BCUT2D eigenvalue weighted by atomic mass is 10.1. The second kappa shape index (κ2) is 14.8. The molecule has 2 aromatic rings. The van der Waals surface area contributed by atoms with Crippen LogP contribution >= 0.6 is 8.69 Å². The van der Waals surface area contributed by atoms with Gasteiger partial charge in [0.25, 0.3) is 0 Å². The van der Waals surface area contributed by atoms with Crippen molar-refractivity contribution >= 4 is 49.6 Å². The van der Waals surface area contributed by atoms with Gasteiger partial charge in [0, 0.05) is 44.3 Å². The summed E-state index contributed by atoms with van der Waals surface area (Å²) in [4.78, 5) is 69.3. The third-order valence-electron chi connectivity index (χ3n) is 6.95. The molecule has 1 amide bonds. The van der Waals surface area contributed by atoms with E-state index in [1.807, 2.05) is 0 Å². The highest BCUT2D eigenvalue weighted by Gasteiger charge is 2.34. The number of anilines is 1. The summed E-state index contributed by atoms with van der Waals surface area (Å²) in [7, 11) is 0.183. The van der Waals surface area contributed by atoms with Crippen LogP contribution in [0, 0.1) is 5.82 Å². The van der Waals surface area contributed by atoms with Gasteiger partial charge in [0.1, 0.15) is 23.6 Å². The van der Waals surface area contributed by atoms with Crippen LogP contribution in [0.15, 0.2) is 17.1 Å². The molecule has 0 bridgehead atoms. The first kappa shape index (κ1) is 33.4. The number of carbonyl (C=O) groups excluding carboxylic acids is 3. The number of carboxylic acid groups (broad SMARTS) is 1. The molecule has 15 nitrogen and oxygen atoms in total. The fourth-order valence-electron chi connectivity index (χ4n) is 4.79. The third-order valence-corrected chi connectivity index (χ3v) is 6.95. The van der Waals surface area contributed by atoms with Crippen molar-refractivity contribution in [3.05, 3.63) is 33.9 Å². The number of rotatable bonds is 10. The summed E-state index contributed by atoms with van der Waals surface area (Å²) >= 11 is 0. The molecular weight excluding hydrogens is 596 g/mol. The van der Waals surface area contributed by atoms with E-state index in [1.54, 1.807) is 16.4 Å². The maximum Gasteiger partial charge on any atom is 0.491 e. The summed E-state index contributed by atoms with van der Waals surface area (Å²) < 4.78 is 41.2. The Morgan fingerprint density at radius 1 is 1.23 bits per heavy atom. The molecule has 0 spiro atoms. The van der Waals surface area contributed by atoms with Crippen LogP contribution in [0.2, 0.25) is 0 Å². The number of aliphatic hydroxyl groups is 1. The molecule has 1 aliphatic carbocycles. The number of ether oxygens (including phenoxy) is 3. The zero-order valence-electron chi connectivity index (χ0n) is 23.4. The van der Waals surface area contributed by atoms with Crippen molar-refractivity contribution in [2.75, 3.05) is 38.4 Å². The van der Waals surface area contributed by atoms with Gasteiger partial charge in [0.15, 0.2) is 11.6 Å². The molecule has 1 aromatic heterocycles. The van der Waals surface area contributed by atoms with Gasteiger partial charge in [-0.2, -0.15) is 4.89 Å². The van der Waals surface area contributed by atoms with Gasteiger partial charge in [-0.25, -0.2) is 14.0 Å². The number of pyridine rings is 1. The van der Waals surface area contributed by atoms with Crippen molar-refractivity contribution in [3.63, 3.8) is 0 Å². The van der Waals surface area contributed by atoms with Gasteiger partial charge in [-0.1, -0.05) is 0 Å². The molecule has 3 N–H and O–H groups in total. The molecule has 3 atom stereocenters. The van der Waals surface area contributed by atoms with Crippen LogP contribution in [0.3, 0.4) is 0 Å². The highest BCUT2D eigenvalue weighted by Crippen LogP contribution is 2.44. The first-order valence-corrected chi connectivity index (χ1v) is 14.0. The number of benzene rings is 1. The van der Waals surface area contributed by atoms with E-state index in [0.717, 1.165) is 18.9 Å². The van der Waals surface area contributed by atoms with Gasteiger partial charge < -0.3 is 43.6 Å². The minimum atomic E-state index is -1.40. The molecule has 2 heterocycles. The highest BCUT2D eigenvalue weighted by atomic mass is 31.1. The van der Waals surface area contributed by atoms with Crippen LogP contribution in [0.25, 0.3) is 10.9 Å². The fourth-order valence-corrected chi connectivity index (χ4v) is 4.79. The Bertz CT molecular complexity index is 1450. The zero-order chi connectivity index (χ0) is 31.8. The Balaban J connectivity index is 0.00000162. The number of amides is 1. The van der Waals surface area contributed by atoms with Crippen LogP contribution in [-0.4, -0.2) is 94.6 Å². The van der Waals surface area contributed by atoms with Gasteiger partial charge in [0.2, 0.25) is 12.2 Å². The molecule has 3 unspecified atom stereocenters. The number of carboxylic acids is 1. The summed E-state index contributed by atoms with van der Waals surface area (Å²) in [6.07, 6.45) is 0.780.